The van der Waals surface area contributed by atoms with Crippen molar-refractivity contribution in [3.05, 3.63) is 212 Å². The van der Waals surface area contributed by atoms with E-state index in [0.717, 1.165) is 73.2 Å². The Labute approximate surface area is 341 Å². The average molecular weight is 754 g/mol. The number of rotatable bonds is 5. The molecule has 5 heteroatoms. The highest BCUT2D eigenvalue weighted by Gasteiger charge is 2.28. The molecule has 4 heterocycles. The van der Waals surface area contributed by atoms with E-state index in [9.17, 15) is 0 Å². The lowest BCUT2D eigenvalue weighted by Crippen LogP contribution is -2.11. The fourth-order valence-corrected chi connectivity index (χ4v) is 9.05. The second-order valence-electron chi connectivity index (χ2n) is 15.0. The maximum atomic E-state index is 5.19. The third-order valence-corrected chi connectivity index (χ3v) is 11.6. The second kappa shape index (κ2) is 13.3. The molecule has 0 amide bonds. The molecule has 0 radical (unpaired) electrons. The topological polar surface area (TPSA) is 38.9 Å². The van der Waals surface area contributed by atoms with Crippen LogP contribution in [0.15, 0.2) is 212 Å². The van der Waals surface area contributed by atoms with Crippen molar-refractivity contribution >= 4 is 49.8 Å². The highest BCUT2D eigenvalue weighted by molar-refractivity contribution is 6.20. The predicted molar refractivity (Wildman–Crippen MR) is 243 cm³/mol. The van der Waals surface area contributed by atoms with Crippen LogP contribution in [0.5, 0.6) is 0 Å². The second-order valence-corrected chi connectivity index (χ2v) is 15.0. The van der Waals surface area contributed by atoms with Gasteiger partial charge in [0.1, 0.15) is 0 Å². The molecule has 8 aromatic carbocycles. The van der Waals surface area contributed by atoms with E-state index in [-0.39, 0.29) is 0 Å². The van der Waals surface area contributed by atoms with Crippen molar-refractivity contribution < 1.29 is 0 Å². The lowest BCUT2D eigenvalue weighted by molar-refractivity contribution is 1.14. The fraction of sp³-hybridized carbons (Fsp3) is 0. The van der Waals surface area contributed by atoms with Gasteiger partial charge in [0.05, 0.1) is 50.7 Å². The molecule has 0 N–H and O–H groups in total. The molecule has 0 atom stereocenters. The van der Waals surface area contributed by atoms with Gasteiger partial charge in [-0.25, -0.2) is 9.97 Å². The summed E-state index contributed by atoms with van der Waals surface area (Å²) < 4.78 is 4.89. The van der Waals surface area contributed by atoms with E-state index in [1.165, 1.54) is 27.2 Å². The Hall–Kier alpha value is -8.02. The van der Waals surface area contributed by atoms with Crippen LogP contribution in [0, 0.1) is 0 Å². The van der Waals surface area contributed by atoms with Crippen LogP contribution in [0.2, 0.25) is 0 Å². The molecule has 0 aliphatic carbocycles. The molecule has 1 aliphatic rings. The van der Waals surface area contributed by atoms with Crippen LogP contribution >= 0.6 is 0 Å². The summed E-state index contributed by atoms with van der Waals surface area (Å²) in [5.74, 6) is 0.685. The summed E-state index contributed by atoms with van der Waals surface area (Å²) >= 11 is 0. The van der Waals surface area contributed by atoms with Crippen LogP contribution in [0.4, 0.5) is 17.1 Å². The molecular formula is C54H35N5. The molecule has 0 fully saturated rings. The zero-order valence-electron chi connectivity index (χ0n) is 31.9. The number of benzene rings is 8. The number of hydrogen-bond donors (Lipinski definition) is 0. The summed E-state index contributed by atoms with van der Waals surface area (Å²) in [6, 6.07) is 75.5. The van der Waals surface area contributed by atoms with Crippen LogP contribution in [-0.4, -0.2) is 19.1 Å². The van der Waals surface area contributed by atoms with Crippen LogP contribution in [-0.2, 0) is 0 Å². The van der Waals surface area contributed by atoms with Gasteiger partial charge in [0, 0.05) is 49.8 Å². The zero-order valence-corrected chi connectivity index (χ0v) is 31.9. The molecule has 0 saturated carbocycles. The van der Waals surface area contributed by atoms with E-state index in [2.05, 4.69) is 214 Å². The van der Waals surface area contributed by atoms with Crippen molar-refractivity contribution in [1.82, 2.24) is 19.1 Å². The molecule has 11 aromatic rings. The standard InChI is InChI=1S/C54H35N5/c1-4-17-36(18-5-1)45-35-46(37-19-6-2-7-20-37)56-54(55-45)38-21-16-24-40(33-38)58-47-27-12-10-25-41(47)42-31-32-49-44(53(42)58)34-52-43-26-11-13-28-48(43)57(39-22-8-3-9-23-39)50-29-14-15-30-51(50)59(49)52/h1-35H. The quantitative estimate of drug-likeness (QED) is 0.176. The van der Waals surface area contributed by atoms with Crippen molar-refractivity contribution in [2.45, 2.75) is 0 Å². The minimum absolute atomic E-state index is 0.685. The van der Waals surface area contributed by atoms with Gasteiger partial charge >= 0.3 is 0 Å². The zero-order chi connectivity index (χ0) is 38.9. The Kier molecular flexibility index (Phi) is 7.47. The first-order chi connectivity index (χ1) is 29.3. The lowest BCUT2D eigenvalue weighted by Gasteiger charge is -2.26. The van der Waals surface area contributed by atoms with Crippen molar-refractivity contribution in [3.63, 3.8) is 0 Å². The summed E-state index contributed by atoms with van der Waals surface area (Å²) in [4.78, 5) is 12.8. The van der Waals surface area contributed by atoms with Crippen molar-refractivity contribution in [2.75, 3.05) is 4.90 Å². The van der Waals surface area contributed by atoms with Gasteiger partial charge in [0.15, 0.2) is 5.82 Å². The lowest BCUT2D eigenvalue weighted by atomic mass is 10.1. The van der Waals surface area contributed by atoms with Gasteiger partial charge in [-0.1, -0.05) is 146 Å². The van der Waals surface area contributed by atoms with Crippen LogP contribution < -0.4 is 4.90 Å². The Morgan fingerprint density at radius 3 is 1.66 bits per heavy atom. The minimum Gasteiger partial charge on any atom is -0.309 e. The summed E-state index contributed by atoms with van der Waals surface area (Å²) in [5.41, 5.74) is 16.2. The molecule has 0 bridgehead atoms. The summed E-state index contributed by atoms with van der Waals surface area (Å²) in [6.45, 7) is 0. The van der Waals surface area contributed by atoms with E-state index in [4.69, 9.17) is 9.97 Å². The largest absolute Gasteiger partial charge is 0.309 e. The Balaban J connectivity index is 1.11. The molecule has 1 aliphatic heterocycles. The minimum atomic E-state index is 0.685. The van der Waals surface area contributed by atoms with E-state index in [1.807, 2.05) is 12.1 Å². The molecular weight excluding hydrogens is 719 g/mol. The van der Waals surface area contributed by atoms with Crippen LogP contribution in [0.25, 0.3) is 89.2 Å². The summed E-state index contributed by atoms with van der Waals surface area (Å²) in [6.07, 6.45) is 0. The van der Waals surface area contributed by atoms with E-state index < -0.39 is 0 Å². The number of fused-ring (bicyclic) bond motifs is 11. The highest BCUT2D eigenvalue weighted by atomic mass is 15.2. The van der Waals surface area contributed by atoms with Gasteiger partial charge in [0.2, 0.25) is 0 Å². The van der Waals surface area contributed by atoms with E-state index in [1.54, 1.807) is 0 Å². The molecule has 276 valence electrons. The summed E-state index contributed by atoms with van der Waals surface area (Å²) in [5, 5.41) is 3.60. The van der Waals surface area contributed by atoms with E-state index in [0.29, 0.717) is 5.82 Å². The average Bonchev–Trinajstić information content (AvgIpc) is 3.83. The van der Waals surface area contributed by atoms with Crippen LogP contribution in [0.1, 0.15) is 0 Å². The number of aromatic nitrogens is 4. The first-order valence-corrected chi connectivity index (χ1v) is 20.0. The third kappa shape index (κ3) is 5.25. The number of para-hydroxylation sites is 5. The normalized spacial score (nSPS) is 12.0. The monoisotopic (exact) mass is 753 g/mol. The Morgan fingerprint density at radius 1 is 0.339 bits per heavy atom. The predicted octanol–water partition coefficient (Wildman–Crippen LogP) is 14.0. The van der Waals surface area contributed by atoms with Gasteiger partial charge in [0.25, 0.3) is 0 Å². The SMILES string of the molecule is c1ccc(-c2cc(-c3ccccc3)nc(-c3cccc(-n4c5ccccc5c5ccc6c(cc7n6-c6ccccc6N(c6ccccc6)c6ccccc6-7)c54)c3)n2)cc1. The van der Waals surface area contributed by atoms with Crippen molar-refractivity contribution in [2.24, 2.45) is 0 Å². The molecule has 0 saturated heterocycles. The van der Waals surface area contributed by atoms with Crippen molar-refractivity contribution in [1.29, 1.82) is 0 Å². The molecule has 3 aromatic heterocycles. The fourth-order valence-electron chi connectivity index (χ4n) is 9.05. The van der Waals surface area contributed by atoms with Crippen molar-refractivity contribution in [3.8, 4) is 56.5 Å². The first-order valence-electron chi connectivity index (χ1n) is 20.0. The number of nitrogens with zero attached hydrogens (tertiary/aromatic N) is 5. The molecule has 12 rings (SSSR count). The van der Waals surface area contributed by atoms with Gasteiger partial charge in [-0.2, -0.15) is 0 Å². The Bertz CT molecular complexity index is 3320. The maximum absolute atomic E-state index is 5.19. The Morgan fingerprint density at radius 2 is 0.915 bits per heavy atom. The first kappa shape index (κ1) is 33.2. The third-order valence-electron chi connectivity index (χ3n) is 11.6. The summed E-state index contributed by atoms with van der Waals surface area (Å²) in [7, 11) is 0. The highest BCUT2D eigenvalue weighted by Crippen LogP contribution is 2.50. The smallest absolute Gasteiger partial charge is 0.160 e. The molecule has 5 nitrogen and oxygen atoms in total. The van der Waals surface area contributed by atoms with E-state index >= 15 is 0 Å². The van der Waals surface area contributed by atoms with Gasteiger partial charge < -0.3 is 14.0 Å². The number of hydrogen-bond acceptors (Lipinski definition) is 3. The van der Waals surface area contributed by atoms with Gasteiger partial charge in [-0.3, -0.25) is 0 Å². The maximum Gasteiger partial charge on any atom is 0.160 e. The molecule has 0 spiro atoms. The van der Waals surface area contributed by atoms with Gasteiger partial charge in [-0.15, -0.1) is 0 Å². The molecule has 59 heavy (non-hydrogen) atoms. The number of anilines is 3. The van der Waals surface area contributed by atoms with Crippen LogP contribution in [0.3, 0.4) is 0 Å². The molecule has 0 unspecified atom stereocenters. The van der Waals surface area contributed by atoms with Gasteiger partial charge in [-0.05, 0) is 66.7 Å².